The molecule has 0 aliphatic rings. The van der Waals surface area contributed by atoms with Crippen molar-refractivity contribution < 1.29 is 28.6 Å². The number of nitrogens with one attached hydrogen (secondary N) is 1. The summed E-state index contributed by atoms with van der Waals surface area (Å²) in [5.41, 5.74) is 4.53. The molecule has 0 fully saturated rings. The number of carbonyl (C=O) groups excluding carboxylic acids is 3. The second kappa shape index (κ2) is 12.6. The Bertz CT molecular complexity index is 1440. The van der Waals surface area contributed by atoms with Crippen LogP contribution in [0.15, 0.2) is 108 Å². The zero-order valence-corrected chi connectivity index (χ0v) is 20.5. The average Bonchev–Trinajstić information content (AvgIpc) is 2.94. The summed E-state index contributed by atoms with van der Waals surface area (Å²) in [5, 5.41) is 3.94. The van der Waals surface area contributed by atoms with E-state index in [1.54, 1.807) is 78.9 Å². The Balaban J connectivity index is 1.46. The lowest BCUT2D eigenvalue weighted by atomic mass is 10.2. The maximum absolute atomic E-state index is 12.7. The van der Waals surface area contributed by atoms with E-state index in [-0.39, 0.29) is 18.1 Å². The highest BCUT2D eigenvalue weighted by molar-refractivity contribution is 5.94. The summed E-state index contributed by atoms with van der Waals surface area (Å²) >= 11 is 0. The molecule has 4 rings (SSSR count). The molecular weight excluding hydrogens is 484 g/mol. The second-order valence-corrected chi connectivity index (χ2v) is 8.11. The van der Waals surface area contributed by atoms with Crippen molar-refractivity contribution >= 4 is 24.1 Å². The fourth-order valence-corrected chi connectivity index (χ4v) is 3.24. The summed E-state index contributed by atoms with van der Waals surface area (Å²) in [4.78, 5) is 37.3. The molecule has 0 saturated carbocycles. The fourth-order valence-electron chi connectivity index (χ4n) is 3.24. The zero-order chi connectivity index (χ0) is 26.7. The van der Waals surface area contributed by atoms with E-state index in [1.807, 2.05) is 19.1 Å². The van der Waals surface area contributed by atoms with Gasteiger partial charge >= 0.3 is 11.9 Å². The number of aryl methyl sites for hydroxylation is 1. The number of amides is 1. The van der Waals surface area contributed by atoms with Gasteiger partial charge in [-0.3, -0.25) is 4.79 Å². The Labute approximate surface area is 219 Å². The van der Waals surface area contributed by atoms with Crippen LogP contribution in [0.1, 0.15) is 31.8 Å². The lowest BCUT2D eigenvalue weighted by Gasteiger charge is -2.10. The third kappa shape index (κ3) is 7.38. The van der Waals surface area contributed by atoms with Gasteiger partial charge in [-0.05, 0) is 55.5 Å². The molecular formula is C30H24N2O6. The zero-order valence-electron chi connectivity index (χ0n) is 20.5. The molecule has 0 spiro atoms. The van der Waals surface area contributed by atoms with E-state index in [4.69, 9.17) is 14.2 Å². The number of rotatable bonds is 9. The van der Waals surface area contributed by atoms with Gasteiger partial charge in [0.1, 0.15) is 17.2 Å². The fraction of sp³-hybridized carbons (Fsp3) is 0.0667. The van der Waals surface area contributed by atoms with Crippen LogP contribution in [-0.4, -0.2) is 30.7 Å². The van der Waals surface area contributed by atoms with Crippen LogP contribution in [-0.2, 0) is 4.79 Å². The van der Waals surface area contributed by atoms with E-state index in [2.05, 4.69) is 10.5 Å². The number of hydrogen-bond acceptors (Lipinski definition) is 7. The third-order valence-electron chi connectivity index (χ3n) is 5.20. The Kier molecular flexibility index (Phi) is 8.60. The van der Waals surface area contributed by atoms with E-state index in [0.29, 0.717) is 22.4 Å². The van der Waals surface area contributed by atoms with Crippen molar-refractivity contribution in [2.45, 2.75) is 6.92 Å². The van der Waals surface area contributed by atoms with E-state index in [9.17, 15) is 14.4 Å². The van der Waals surface area contributed by atoms with Gasteiger partial charge in [0.2, 0.25) is 0 Å². The van der Waals surface area contributed by atoms with Crippen molar-refractivity contribution in [3.8, 4) is 17.2 Å². The van der Waals surface area contributed by atoms with Crippen LogP contribution in [0.3, 0.4) is 0 Å². The third-order valence-corrected chi connectivity index (χ3v) is 5.20. The van der Waals surface area contributed by atoms with Gasteiger partial charge in [0.25, 0.3) is 5.91 Å². The molecule has 0 heterocycles. The minimum absolute atomic E-state index is 0.0890. The molecule has 0 aliphatic heterocycles. The molecule has 0 unspecified atom stereocenters. The van der Waals surface area contributed by atoms with Gasteiger partial charge in [-0.25, -0.2) is 15.0 Å². The van der Waals surface area contributed by atoms with Gasteiger partial charge in [-0.15, -0.1) is 0 Å². The number of hydrazone groups is 1. The van der Waals surface area contributed by atoms with Gasteiger partial charge in [0.15, 0.2) is 6.61 Å². The first kappa shape index (κ1) is 25.8. The molecule has 38 heavy (non-hydrogen) atoms. The van der Waals surface area contributed by atoms with E-state index >= 15 is 0 Å². The van der Waals surface area contributed by atoms with E-state index < -0.39 is 17.8 Å². The highest BCUT2D eigenvalue weighted by Crippen LogP contribution is 2.26. The minimum atomic E-state index is -0.609. The molecule has 8 heteroatoms. The second-order valence-electron chi connectivity index (χ2n) is 8.11. The monoisotopic (exact) mass is 508 g/mol. The molecule has 0 saturated heterocycles. The molecule has 0 bridgehead atoms. The summed E-state index contributed by atoms with van der Waals surface area (Å²) in [5.74, 6) is -0.826. The van der Waals surface area contributed by atoms with Crippen molar-refractivity contribution in [1.82, 2.24) is 5.43 Å². The highest BCUT2D eigenvalue weighted by atomic mass is 16.5. The van der Waals surface area contributed by atoms with E-state index in [0.717, 1.165) is 5.56 Å². The Hall–Kier alpha value is -5.24. The van der Waals surface area contributed by atoms with Crippen molar-refractivity contribution in [1.29, 1.82) is 0 Å². The summed E-state index contributed by atoms with van der Waals surface area (Å²) in [6, 6.07) is 28.7. The molecule has 4 aromatic carbocycles. The Morgan fingerprint density at radius 1 is 0.737 bits per heavy atom. The van der Waals surface area contributed by atoms with Crippen LogP contribution >= 0.6 is 0 Å². The maximum atomic E-state index is 12.7. The predicted molar refractivity (Wildman–Crippen MR) is 142 cm³/mol. The van der Waals surface area contributed by atoms with Crippen LogP contribution in [0.4, 0.5) is 0 Å². The van der Waals surface area contributed by atoms with Crippen molar-refractivity contribution in [3.63, 3.8) is 0 Å². The molecule has 1 N–H and O–H groups in total. The topological polar surface area (TPSA) is 103 Å². The van der Waals surface area contributed by atoms with Gasteiger partial charge in [0.05, 0.1) is 17.3 Å². The van der Waals surface area contributed by atoms with Gasteiger partial charge in [-0.2, -0.15) is 5.10 Å². The standard InChI is InChI=1S/C30H24N2O6/c1-21-12-15-25(16-13-21)36-20-28(33)32-31-19-24-14-17-26(37-29(34)22-8-4-2-5-9-22)18-27(24)38-30(35)23-10-6-3-7-11-23/h2-19H,20H2,1H3,(H,32,33). The first-order valence-electron chi connectivity index (χ1n) is 11.7. The van der Waals surface area contributed by atoms with Crippen molar-refractivity contribution in [3.05, 3.63) is 125 Å². The molecule has 190 valence electrons. The predicted octanol–water partition coefficient (Wildman–Crippen LogP) is 4.96. The van der Waals surface area contributed by atoms with Crippen molar-refractivity contribution in [2.75, 3.05) is 6.61 Å². The average molecular weight is 509 g/mol. The van der Waals surface area contributed by atoms with Crippen LogP contribution < -0.4 is 19.6 Å². The number of hydrogen-bond donors (Lipinski definition) is 1. The first-order valence-corrected chi connectivity index (χ1v) is 11.7. The largest absolute Gasteiger partial charge is 0.484 e. The molecule has 1 amide bonds. The van der Waals surface area contributed by atoms with Gasteiger partial charge < -0.3 is 14.2 Å². The first-order chi connectivity index (χ1) is 18.5. The Morgan fingerprint density at radius 2 is 1.32 bits per heavy atom. The van der Waals surface area contributed by atoms with Gasteiger partial charge in [-0.1, -0.05) is 54.1 Å². The summed E-state index contributed by atoms with van der Waals surface area (Å²) in [6.07, 6.45) is 1.32. The smallest absolute Gasteiger partial charge is 0.343 e. The number of esters is 2. The highest BCUT2D eigenvalue weighted by Gasteiger charge is 2.15. The van der Waals surface area contributed by atoms with Crippen LogP contribution in [0.25, 0.3) is 0 Å². The van der Waals surface area contributed by atoms with E-state index in [1.165, 1.54) is 18.3 Å². The number of nitrogens with zero attached hydrogens (tertiary/aromatic N) is 1. The number of ether oxygens (including phenoxy) is 3. The lowest BCUT2D eigenvalue weighted by Crippen LogP contribution is -2.24. The van der Waals surface area contributed by atoms with Crippen molar-refractivity contribution in [2.24, 2.45) is 5.10 Å². The lowest BCUT2D eigenvalue weighted by molar-refractivity contribution is -0.123. The summed E-state index contributed by atoms with van der Waals surface area (Å²) in [7, 11) is 0. The quantitative estimate of drug-likeness (QED) is 0.148. The SMILES string of the molecule is Cc1ccc(OCC(=O)NN=Cc2ccc(OC(=O)c3ccccc3)cc2OC(=O)c2ccccc2)cc1. The molecule has 0 atom stereocenters. The molecule has 0 aliphatic carbocycles. The van der Waals surface area contributed by atoms with Crippen LogP contribution in [0.2, 0.25) is 0 Å². The molecule has 0 radical (unpaired) electrons. The summed E-state index contributed by atoms with van der Waals surface area (Å²) in [6.45, 7) is 1.72. The number of carbonyl (C=O) groups is 3. The molecule has 0 aromatic heterocycles. The minimum Gasteiger partial charge on any atom is -0.484 e. The normalized spacial score (nSPS) is 10.6. The maximum Gasteiger partial charge on any atom is 0.343 e. The van der Waals surface area contributed by atoms with Gasteiger partial charge in [0, 0.05) is 11.6 Å². The molecule has 8 nitrogen and oxygen atoms in total. The summed E-state index contributed by atoms with van der Waals surface area (Å²) < 4.78 is 16.5. The van der Waals surface area contributed by atoms with Crippen LogP contribution in [0, 0.1) is 6.92 Å². The molecule has 4 aromatic rings. The Morgan fingerprint density at radius 3 is 1.95 bits per heavy atom. The van der Waals surface area contributed by atoms with Crippen LogP contribution in [0.5, 0.6) is 17.2 Å². The number of benzene rings is 4.